The van der Waals surface area contributed by atoms with Crippen molar-refractivity contribution in [2.75, 3.05) is 12.4 Å². The number of hydrogen-bond donors (Lipinski definition) is 1. The quantitative estimate of drug-likeness (QED) is 0.667. The maximum absolute atomic E-state index is 12.1. The van der Waals surface area contributed by atoms with Crippen LogP contribution in [0.2, 0.25) is 0 Å². The van der Waals surface area contributed by atoms with Crippen LogP contribution in [0.1, 0.15) is 5.56 Å². The molecule has 8 heteroatoms. The maximum atomic E-state index is 12.1. The Bertz CT molecular complexity index is 549. The van der Waals surface area contributed by atoms with E-state index in [0.29, 0.717) is 22.2 Å². The van der Waals surface area contributed by atoms with Gasteiger partial charge in [-0.3, -0.25) is 4.79 Å². The number of rotatable bonds is 5. The molecule has 1 saturated heterocycles. The van der Waals surface area contributed by atoms with E-state index in [9.17, 15) is 13.6 Å². The SMILES string of the molecule is O=C1CSC(=NN=Cc2ccccc2OCC(F)F)N1. The van der Waals surface area contributed by atoms with E-state index in [-0.39, 0.29) is 5.91 Å². The van der Waals surface area contributed by atoms with Crippen LogP contribution in [0.3, 0.4) is 0 Å². The lowest BCUT2D eigenvalue weighted by Gasteiger charge is -2.07. The fourth-order valence-corrected chi connectivity index (χ4v) is 2.02. The zero-order chi connectivity index (χ0) is 14.4. The van der Waals surface area contributed by atoms with Gasteiger partial charge in [0.15, 0.2) is 5.17 Å². The minimum absolute atomic E-state index is 0.121. The molecule has 20 heavy (non-hydrogen) atoms. The minimum Gasteiger partial charge on any atom is -0.487 e. The number of ether oxygens (including phenoxy) is 1. The van der Waals surface area contributed by atoms with Gasteiger partial charge in [0.2, 0.25) is 5.91 Å². The van der Waals surface area contributed by atoms with E-state index in [1.807, 2.05) is 0 Å². The van der Waals surface area contributed by atoms with Crippen LogP contribution in [0.25, 0.3) is 0 Å². The molecule has 0 aromatic heterocycles. The molecule has 5 nitrogen and oxygen atoms in total. The van der Waals surface area contributed by atoms with Gasteiger partial charge >= 0.3 is 0 Å². The summed E-state index contributed by atoms with van der Waals surface area (Å²) in [7, 11) is 0. The van der Waals surface area contributed by atoms with Gasteiger partial charge in [-0.05, 0) is 12.1 Å². The molecule has 1 N–H and O–H groups in total. The molecular formula is C12H11F2N3O2S. The number of alkyl halides is 2. The van der Waals surface area contributed by atoms with Crippen LogP contribution < -0.4 is 10.1 Å². The Kier molecular flexibility index (Phi) is 5.05. The highest BCUT2D eigenvalue weighted by molar-refractivity contribution is 8.15. The molecule has 0 bridgehead atoms. The lowest BCUT2D eigenvalue weighted by Crippen LogP contribution is -2.19. The van der Waals surface area contributed by atoms with Crippen LogP contribution in [0.15, 0.2) is 34.5 Å². The summed E-state index contributed by atoms with van der Waals surface area (Å²) < 4.78 is 29.2. The van der Waals surface area contributed by atoms with Crippen LogP contribution in [0, 0.1) is 0 Å². The largest absolute Gasteiger partial charge is 0.487 e. The van der Waals surface area contributed by atoms with Crippen LogP contribution in [0.5, 0.6) is 5.75 Å². The van der Waals surface area contributed by atoms with Crippen molar-refractivity contribution in [1.29, 1.82) is 0 Å². The van der Waals surface area contributed by atoms with E-state index in [1.54, 1.807) is 24.3 Å². The van der Waals surface area contributed by atoms with Crippen molar-refractivity contribution < 1.29 is 18.3 Å². The second-order valence-electron chi connectivity index (χ2n) is 3.73. The first-order chi connectivity index (χ1) is 9.65. The topological polar surface area (TPSA) is 63.0 Å². The van der Waals surface area contributed by atoms with E-state index < -0.39 is 13.0 Å². The average molecular weight is 299 g/mol. The molecule has 0 spiro atoms. The van der Waals surface area contributed by atoms with Crippen molar-refractivity contribution in [2.45, 2.75) is 6.43 Å². The summed E-state index contributed by atoms with van der Waals surface area (Å²) in [5, 5.41) is 10.6. The van der Waals surface area contributed by atoms with Gasteiger partial charge < -0.3 is 10.1 Å². The molecule has 1 aromatic carbocycles. The fraction of sp³-hybridized carbons (Fsp3) is 0.250. The van der Waals surface area contributed by atoms with E-state index in [0.717, 1.165) is 0 Å². The maximum Gasteiger partial charge on any atom is 0.272 e. The third-order valence-corrected chi connectivity index (χ3v) is 3.08. The second kappa shape index (κ2) is 6.99. The Morgan fingerprint density at radius 2 is 2.25 bits per heavy atom. The summed E-state index contributed by atoms with van der Waals surface area (Å²) in [4.78, 5) is 10.9. The summed E-state index contributed by atoms with van der Waals surface area (Å²) in [6.45, 7) is -0.675. The number of amidine groups is 1. The Morgan fingerprint density at radius 3 is 2.95 bits per heavy atom. The smallest absolute Gasteiger partial charge is 0.272 e. The highest BCUT2D eigenvalue weighted by atomic mass is 32.2. The second-order valence-corrected chi connectivity index (χ2v) is 4.69. The van der Waals surface area contributed by atoms with Gasteiger partial charge in [0.05, 0.1) is 12.0 Å². The Hall–Kier alpha value is -1.96. The number of carbonyl (C=O) groups excluding carboxylic acids is 1. The lowest BCUT2D eigenvalue weighted by atomic mass is 10.2. The zero-order valence-corrected chi connectivity index (χ0v) is 11.1. The fourth-order valence-electron chi connectivity index (χ4n) is 1.39. The van der Waals surface area contributed by atoms with Gasteiger partial charge in [0, 0.05) is 5.56 Å². The standard InChI is InChI=1S/C12H11F2N3O2S/c13-10(14)6-19-9-4-2-1-3-8(9)5-15-17-12-16-11(18)7-20-12/h1-5,10H,6-7H2,(H,16,17,18). The molecule has 1 fully saturated rings. The summed E-state index contributed by atoms with van der Waals surface area (Å²) in [5.74, 6) is 0.507. The molecule has 1 heterocycles. The van der Waals surface area contributed by atoms with Gasteiger partial charge in [-0.2, -0.15) is 5.10 Å². The molecule has 1 aliphatic heterocycles. The molecule has 106 valence electrons. The number of nitrogens with one attached hydrogen (secondary N) is 1. The number of thioether (sulfide) groups is 1. The number of para-hydroxylation sites is 1. The predicted octanol–water partition coefficient (Wildman–Crippen LogP) is 1.88. The summed E-state index contributed by atoms with van der Waals surface area (Å²) in [6.07, 6.45) is -1.15. The molecule has 0 aliphatic carbocycles. The first kappa shape index (κ1) is 14.4. The van der Waals surface area contributed by atoms with Crippen molar-refractivity contribution in [1.82, 2.24) is 5.32 Å². The van der Waals surface area contributed by atoms with Gasteiger partial charge in [-0.1, -0.05) is 23.9 Å². The van der Waals surface area contributed by atoms with E-state index in [1.165, 1.54) is 18.0 Å². The molecule has 0 atom stereocenters. The number of halogens is 2. The average Bonchev–Trinajstić information content (AvgIpc) is 2.83. The van der Waals surface area contributed by atoms with E-state index in [2.05, 4.69) is 15.5 Å². The highest BCUT2D eigenvalue weighted by Gasteiger charge is 2.15. The number of amides is 1. The molecule has 2 rings (SSSR count). The molecule has 0 unspecified atom stereocenters. The van der Waals surface area contributed by atoms with Crippen LogP contribution in [-0.4, -0.2) is 36.1 Å². The molecule has 0 radical (unpaired) electrons. The van der Waals surface area contributed by atoms with Gasteiger partial charge in [0.1, 0.15) is 12.4 Å². The van der Waals surface area contributed by atoms with Gasteiger partial charge in [0.25, 0.3) is 6.43 Å². The summed E-state index contributed by atoms with van der Waals surface area (Å²) in [6, 6.07) is 6.65. The van der Waals surface area contributed by atoms with Crippen molar-refractivity contribution in [3.8, 4) is 5.75 Å². The highest BCUT2D eigenvalue weighted by Crippen LogP contribution is 2.17. The first-order valence-electron chi connectivity index (χ1n) is 5.69. The summed E-state index contributed by atoms with van der Waals surface area (Å²) in [5.41, 5.74) is 0.534. The van der Waals surface area contributed by atoms with E-state index >= 15 is 0 Å². The predicted molar refractivity (Wildman–Crippen MR) is 73.6 cm³/mol. The van der Waals surface area contributed by atoms with Crippen molar-refractivity contribution in [3.05, 3.63) is 29.8 Å². The Balaban J connectivity index is 2.03. The Labute approximate surface area is 118 Å². The van der Waals surface area contributed by atoms with Crippen molar-refractivity contribution >= 4 is 29.1 Å². The third-order valence-electron chi connectivity index (χ3n) is 2.22. The number of nitrogens with zero attached hydrogens (tertiary/aromatic N) is 2. The van der Waals surface area contributed by atoms with Gasteiger partial charge in [-0.25, -0.2) is 8.78 Å². The minimum atomic E-state index is -2.54. The molecule has 1 aromatic rings. The lowest BCUT2D eigenvalue weighted by molar-refractivity contribution is -0.116. The molecular weight excluding hydrogens is 288 g/mol. The molecule has 1 amide bonds. The van der Waals surface area contributed by atoms with Crippen LogP contribution >= 0.6 is 11.8 Å². The monoisotopic (exact) mass is 299 g/mol. The zero-order valence-electron chi connectivity index (χ0n) is 10.3. The van der Waals surface area contributed by atoms with Crippen molar-refractivity contribution in [3.63, 3.8) is 0 Å². The van der Waals surface area contributed by atoms with Gasteiger partial charge in [-0.15, -0.1) is 5.10 Å². The molecule has 0 saturated carbocycles. The Morgan fingerprint density at radius 1 is 1.45 bits per heavy atom. The van der Waals surface area contributed by atoms with E-state index in [4.69, 9.17) is 4.74 Å². The normalized spacial score (nSPS) is 17.1. The van der Waals surface area contributed by atoms with Crippen molar-refractivity contribution in [2.24, 2.45) is 10.2 Å². The summed E-state index contributed by atoms with van der Waals surface area (Å²) >= 11 is 1.25. The van der Waals surface area contributed by atoms with Crippen LogP contribution in [-0.2, 0) is 4.79 Å². The third kappa shape index (κ3) is 4.30. The number of hydrogen-bond acceptors (Lipinski definition) is 5. The first-order valence-corrected chi connectivity index (χ1v) is 6.67. The van der Waals surface area contributed by atoms with Crippen LogP contribution in [0.4, 0.5) is 8.78 Å². The number of carbonyl (C=O) groups is 1. The molecule has 1 aliphatic rings. The number of benzene rings is 1.